The molecule has 0 aliphatic heterocycles. The zero-order chi connectivity index (χ0) is 14.6. The number of aryl methyl sites for hydroxylation is 2. The van der Waals surface area contributed by atoms with E-state index in [0.29, 0.717) is 0 Å². The highest BCUT2D eigenvalue weighted by atomic mass is 15.1. The SMILES string of the molecule is CCCc1nc2ccccc2n1CCCC(C)(C)CN. The zero-order valence-corrected chi connectivity index (χ0v) is 13.0. The Morgan fingerprint density at radius 3 is 2.70 bits per heavy atom. The molecule has 2 aromatic rings. The third kappa shape index (κ3) is 3.40. The van der Waals surface area contributed by atoms with Gasteiger partial charge in [-0.05, 0) is 43.4 Å². The number of hydrogen-bond donors (Lipinski definition) is 1. The van der Waals surface area contributed by atoms with Crippen LogP contribution in [0.25, 0.3) is 11.0 Å². The highest BCUT2D eigenvalue weighted by Crippen LogP contribution is 2.23. The Bertz CT molecular complexity index is 554. The molecule has 0 saturated heterocycles. The maximum absolute atomic E-state index is 5.81. The number of imidazole rings is 1. The summed E-state index contributed by atoms with van der Waals surface area (Å²) in [6.07, 6.45) is 4.50. The average Bonchev–Trinajstić information content (AvgIpc) is 2.77. The van der Waals surface area contributed by atoms with Gasteiger partial charge in [-0.25, -0.2) is 4.98 Å². The highest BCUT2D eigenvalue weighted by Gasteiger charge is 2.16. The molecule has 2 N–H and O–H groups in total. The lowest BCUT2D eigenvalue weighted by atomic mass is 9.88. The lowest BCUT2D eigenvalue weighted by Gasteiger charge is -2.22. The Labute approximate surface area is 122 Å². The number of nitrogens with two attached hydrogens (primary N) is 1. The molecule has 0 amide bonds. The number of benzene rings is 1. The van der Waals surface area contributed by atoms with E-state index in [1.54, 1.807) is 0 Å². The predicted molar refractivity (Wildman–Crippen MR) is 85.8 cm³/mol. The average molecular weight is 273 g/mol. The van der Waals surface area contributed by atoms with Crippen LogP contribution in [0.4, 0.5) is 0 Å². The van der Waals surface area contributed by atoms with Crippen LogP contribution in [-0.4, -0.2) is 16.1 Å². The number of rotatable bonds is 7. The minimum atomic E-state index is 0.237. The van der Waals surface area contributed by atoms with Crippen LogP contribution in [0, 0.1) is 5.41 Å². The third-order valence-electron chi connectivity index (χ3n) is 4.00. The molecule has 3 heteroatoms. The molecule has 0 unspecified atom stereocenters. The number of para-hydroxylation sites is 2. The van der Waals surface area contributed by atoms with E-state index < -0.39 is 0 Å². The predicted octanol–water partition coefficient (Wildman–Crippen LogP) is 3.75. The normalized spacial score (nSPS) is 12.2. The maximum atomic E-state index is 5.81. The van der Waals surface area contributed by atoms with Crippen molar-refractivity contribution in [1.82, 2.24) is 9.55 Å². The third-order valence-corrected chi connectivity index (χ3v) is 4.00. The van der Waals surface area contributed by atoms with E-state index in [2.05, 4.69) is 49.6 Å². The lowest BCUT2D eigenvalue weighted by molar-refractivity contribution is 0.327. The number of fused-ring (bicyclic) bond motifs is 1. The summed E-state index contributed by atoms with van der Waals surface area (Å²) >= 11 is 0. The van der Waals surface area contributed by atoms with Crippen molar-refractivity contribution in [3.63, 3.8) is 0 Å². The molecule has 0 bridgehead atoms. The Morgan fingerprint density at radius 2 is 2.00 bits per heavy atom. The molecule has 2 rings (SSSR count). The van der Waals surface area contributed by atoms with Gasteiger partial charge in [-0.1, -0.05) is 32.9 Å². The van der Waals surface area contributed by atoms with E-state index in [9.17, 15) is 0 Å². The van der Waals surface area contributed by atoms with E-state index in [-0.39, 0.29) is 5.41 Å². The van der Waals surface area contributed by atoms with Crippen molar-refractivity contribution in [1.29, 1.82) is 0 Å². The molecule has 0 atom stereocenters. The fraction of sp³-hybridized carbons (Fsp3) is 0.588. The van der Waals surface area contributed by atoms with Crippen molar-refractivity contribution in [2.45, 2.75) is 53.0 Å². The molecule has 0 spiro atoms. The first-order chi connectivity index (χ1) is 9.57. The summed E-state index contributed by atoms with van der Waals surface area (Å²) in [5.74, 6) is 1.22. The second kappa shape index (κ2) is 6.40. The zero-order valence-electron chi connectivity index (χ0n) is 13.0. The van der Waals surface area contributed by atoms with Gasteiger partial charge in [-0.2, -0.15) is 0 Å². The monoisotopic (exact) mass is 273 g/mol. The van der Waals surface area contributed by atoms with Gasteiger partial charge in [0.2, 0.25) is 0 Å². The summed E-state index contributed by atoms with van der Waals surface area (Å²) in [5.41, 5.74) is 8.44. The van der Waals surface area contributed by atoms with Crippen LogP contribution in [0.3, 0.4) is 0 Å². The van der Waals surface area contributed by atoms with E-state index >= 15 is 0 Å². The molecule has 0 aliphatic carbocycles. The van der Waals surface area contributed by atoms with Crippen molar-refractivity contribution in [2.75, 3.05) is 6.54 Å². The van der Waals surface area contributed by atoms with Crippen molar-refractivity contribution < 1.29 is 0 Å². The molecule has 0 fully saturated rings. The topological polar surface area (TPSA) is 43.8 Å². The number of aromatic nitrogens is 2. The van der Waals surface area contributed by atoms with Gasteiger partial charge in [0.1, 0.15) is 5.82 Å². The van der Waals surface area contributed by atoms with Gasteiger partial charge in [0.15, 0.2) is 0 Å². The Hall–Kier alpha value is -1.35. The molecule has 1 aromatic carbocycles. The molecular formula is C17H27N3. The van der Waals surface area contributed by atoms with Crippen LogP contribution < -0.4 is 5.73 Å². The molecule has 20 heavy (non-hydrogen) atoms. The van der Waals surface area contributed by atoms with Crippen LogP contribution in [0.5, 0.6) is 0 Å². The van der Waals surface area contributed by atoms with Crippen LogP contribution in [0.15, 0.2) is 24.3 Å². The van der Waals surface area contributed by atoms with Crippen LogP contribution in [-0.2, 0) is 13.0 Å². The van der Waals surface area contributed by atoms with E-state index in [0.717, 1.165) is 44.3 Å². The molecule has 3 nitrogen and oxygen atoms in total. The summed E-state index contributed by atoms with van der Waals surface area (Å²) in [6, 6.07) is 8.44. The quantitative estimate of drug-likeness (QED) is 0.835. The van der Waals surface area contributed by atoms with Gasteiger partial charge >= 0.3 is 0 Å². The molecule has 1 aromatic heterocycles. The Morgan fingerprint density at radius 1 is 1.25 bits per heavy atom. The molecular weight excluding hydrogens is 246 g/mol. The minimum Gasteiger partial charge on any atom is -0.330 e. The fourth-order valence-corrected chi connectivity index (χ4v) is 2.61. The number of nitrogens with zero attached hydrogens (tertiary/aromatic N) is 2. The van der Waals surface area contributed by atoms with E-state index in [4.69, 9.17) is 10.7 Å². The summed E-state index contributed by atoms with van der Waals surface area (Å²) in [7, 11) is 0. The van der Waals surface area contributed by atoms with Gasteiger partial charge in [-0.15, -0.1) is 0 Å². The Kier molecular flexibility index (Phi) is 4.81. The van der Waals surface area contributed by atoms with Crippen molar-refractivity contribution in [3.05, 3.63) is 30.1 Å². The van der Waals surface area contributed by atoms with Crippen LogP contribution >= 0.6 is 0 Å². The Balaban J connectivity index is 2.17. The van der Waals surface area contributed by atoms with Gasteiger partial charge in [0, 0.05) is 13.0 Å². The van der Waals surface area contributed by atoms with Crippen molar-refractivity contribution in [2.24, 2.45) is 11.1 Å². The van der Waals surface area contributed by atoms with Crippen molar-refractivity contribution in [3.8, 4) is 0 Å². The fourth-order valence-electron chi connectivity index (χ4n) is 2.61. The second-order valence-corrected chi connectivity index (χ2v) is 6.39. The lowest BCUT2D eigenvalue weighted by Crippen LogP contribution is -2.23. The first-order valence-corrected chi connectivity index (χ1v) is 7.71. The maximum Gasteiger partial charge on any atom is 0.109 e. The highest BCUT2D eigenvalue weighted by molar-refractivity contribution is 5.75. The van der Waals surface area contributed by atoms with Gasteiger partial charge in [0.25, 0.3) is 0 Å². The molecule has 0 aliphatic rings. The van der Waals surface area contributed by atoms with Crippen LogP contribution in [0.1, 0.15) is 45.9 Å². The second-order valence-electron chi connectivity index (χ2n) is 6.39. The summed E-state index contributed by atoms with van der Waals surface area (Å²) < 4.78 is 2.39. The van der Waals surface area contributed by atoms with E-state index in [1.165, 1.54) is 11.3 Å². The molecule has 110 valence electrons. The van der Waals surface area contributed by atoms with Gasteiger partial charge in [0.05, 0.1) is 11.0 Å². The summed E-state index contributed by atoms with van der Waals surface area (Å²) in [6.45, 7) is 8.48. The van der Waals surface area contributed by atoms with Gasteiger partial charge < -0.3 is 10.3 Å². The molecule has 0 radical (unpaired) electrons. The summed E-state index contributed by atoms with van der Waals surface area (Å²) in [5, 5.41) is 0. The first kappa shape index (κ1) is 15.0. The summed E-state index contributed by atoms with van der Waals surface area (Å²) in [4.78, 5) is 4.78. The molecule has 0 saturated carbocycles. The van der Waals surface area contributed by atoms with Gasteiger partial charge in [-0.3, -0.25) is 0 Å². The molecule has 1 heterocycles. The number of hydrogen-bond acceptors (Lipinski definition) is 2. The largest absolute Gasteiger partial charge is 0.330 e. The minimum absolute atomic E-state index is 0.237. The van der Waals surface area contributed by atoms with Crippen LogP contribution in [0.2, 0.25) is 0 Å². The standard InChI is InChI=1S/C17H27N3/c1-4-8-16-19-14-9-5-6-10-15(14)20(16)12-7-11-17(2,3)13-18/h5-6,9-10H,4,7-8,11-13,18H2,1-3H3. The smallest absolute Gasteiger partial charge is 0.109 e. The van der Waals surface area contributed by atoms with E-state index in [1.807, 2.05) is 0 Å². The van der Waals surface area contributed by atoms with Crippen molar-refractivity contribution >= 4 is 11.0 Å². The first-order valence-electron chi connectivity index (χ1n) is 7.71.